The summed E-state index contributed by atoms with van der Waals surface area (Å²) in [5.74, 6) is 1.09. The third-order valence-electron chi connectivity index (χ3n) is 5.35. The second-order valence-electron chi connectivity index (χ2n) is 7.76. The third-order valence-corrected chi connectivity index (χ3v) is 6.40. The molecule has 4 aromatic rings. The molecule has 5 nitrogen and oxygen atoms in total. The van der Waals surface area contributed by atoms with E-state index in [2.05, 4.69) is 26.0 Å². The minimum Gasteiger partial charge on any atom is -0.493 e. The lowest BCUT2D eigenvalue weighted by Crippen LogP contribution is -2.30. The second-order valence-corrected chi connectivity index (χ2v) is 8.77. The van der Waals surface area contributed by atoms with Crippen LogP contribution in [0.15, 0.2) is 66.7 Å². The number of rotatable bonds is 7. The Hall–Kier alpha value is -3.38. The van der Waals surface area contributed by atoms with Crippen LogP contribution in [-0.4, -0.2) is 25.1 Å². The highest BCUT2D eigenvalue weighted by Gasteiger charge is 2.26. The van der Waals surface area contributed by atoms with Crippen molar-refractivity contribution >= 4 is 32.6 Å². The Balaban J connectivity index is 1.84. The molecule has 0 unspecified atom stereocenters. The van der Waals surface area contributed by atoms with E-state index in [0.717, 1.165) is 15.8 Å². The van der Waals surface area contributed by atoms with Crippen LogP contribution in [0.1, 0.15) is 41.3 Å². The van der Waals surface area contributed by atoms with Gasteiger partial charge in [-0.15, -0.1) is 0 Å². The second kappa shape index (κ2) is 9.40. The van der Waals surface area contributed by atoms with Gasteiger partial charge < -0.3 is 9.47 Å². The van der Waals surface area contributed by atoms with Gasteiger partial charge in [-0.2, -0.15) is 0 Å². The highest BCUT2D eigenvalue weighted by atomic mass is 32.1. The molecular weight excluding hydrogens is 420 g/mol. The van der Waals surface area contributed by atoms with E-state index in [1.54, 1.807) is 37.3 Å². The van der Waals surface area contributed by atoms with Crippen LogP contribution < -0.4 is 14.4 Å². The maximum absolute atomic E-state index is 13.9. The van der Waals surface area contributed by atoms with Gasteiger partial charge in [0.25, 0.3) is 5.91 Å². The van der Waals surface area contributed by atoms with Gasteiger partial charge >= 0.3 is 0 Å². The summed E-state index contributed by atoms with van der Waals surface area (Å²) in [6, 6.07) is 21.5. The SMILES string of the molecule is COc1cccc(C(=O)N(Cc2ccccc2)c2nc3c(C(C)C)cccc3s2)c1OC. The Bertz CT molecular complexity index is 1230. The molecule has 0 N–H and O–H groups in total. The molecule has 0 spiro atoms. The number of hydrogen-bond acceptors (Lipinski definition) is 5. The number of aromatic nitrogens is 1. The Morgan fingerprint density at radius 3 is 2.41 bits per heavy atom. The summed E-state index contributed by atoms with van der Waals surface area (Å²) in [6.07, 6.45) is 0. The number of anilines is 1. The lowest BCUT2D eigenvalue weighted by atomic mass is 10.0. The van der Waals surface area contributed by atoms with E-state index in [4.69, 9.17) is 14.5 Å². The molecule has 3 aromatic carbocycles. The zero-order valence-electron chi connectivity index (χ0n) is 18.7. The number of carbonyl (C=O) groups excluding carboxylic acids is 1. The van der Waals surface area contributed by atoms with E-state index >= 15 is 0 Å². The molecule has 0 atom stereocenters. The number of fused-ring (bicyclic) bond motifs is 1. The maximum atomic E-state index is 13.9. The molecule has 0 bridgehead atoms. The molecule has 1 aromatic heterocycles. The summed E-state index contributed by atoms with van der Waals surface area (Å²) in [4.78, 5) is 20.5. The van der Waals surface area contributed by atoms with E-state index < -0.39 is 0 Å². The first kappa shape index (κ1) is 21.8. The average Bonchev–Trinajstić information content (AvgIpc) is 3.26. The minimum atomic E-state index is -0.185. The van der Waals surface area contributed by atoms with Gasteiger partial charge in [-0.25, -0.2) is 4.98 Å². The van der Waals surface area contributed by atoms with Crippen LogP contribution in [0, 0.1) is 0 Å². The van der Waals surface area contributed by atoms with Crippen molar-refractivity contribution < 1.29 is 14.3 Å². The largest absolute Gasteiger partial charge is 0.493 e. The molecule has 0 aliphatic rings. The van der Waals surface area contributed by atoms with Gasteiger partial charge in [0, 0.05) is 0 Å². The average molecular weight is 447 g/mol. The molecule has 4 rings (SSSR count). The molecule has 6 heteroatoms. The van der Waals surface area contributed by atoms with Gasteiger partial charge in [-0.3, -0.25) is 9.69 Å². The summed E-state index contributed by atoms with van der Waals surface area (Å²) in [6.45, 7) is 4.71. The monoisotopic (exact) mass is 446 g/mol. The summed E-state index contributed by atoms with van der Waals surface area (Å²) in [5.41, 5.74) is 3.58. The Morgan fingerprint density at radius 2 is 1.72 bits per heavy atom. The predicted octanol–water partition coefficient (Wildman–Crippen LogP) is 6.28. The number of carbonyl (C=O) groups is 1. The summed E-state index contributed by atoms with van der Waals surface area (Å²) in [5, 5.41) is 0.659. The number of ether oxygens (including phenoxy) is 2. The normalized spacial score (nSPS) is 11.0. The number of amides is 1. The molecule has 32 heavy (non-hydrogen) atoms. The summed E-state index contributed by atoms with van der Waals surface area (Å²) < 4.78 is 12.0. The Labute approximate surface area is 192 Å². The van der Waals surface area contributed by atoms with Crippen LogP contribution in [0.25, 0.3) is 10.2 Å². The molecule has 164 valence electrons. The molecule has 1 amide bonds. The minimum absolute atomic E-state index is 0.185. The summed E-state index contributed by atoms with van der Waals surface area (Å²) >= 11 is 1.52. The van der Waals surface area contributed by atoms with E-state index in [-0.39, 0.29) is 5.91 Å². The first-order valence-electron chi connectivity index (χ1n) is 10.5. The molecule has 1 heterocycles. The van der Waals surface area contributed by atoms with Crippen molar-refractivity contribution in [2.75, 3.05) is 19.1 Å². The van der Waals surface area contributed by atoms with Crippen LogP contribution in [0.4, 0.5) is 5.13 Å². The van der Waals surface area contributed by atoms with Crippen molar-refractivity contribution in [1.82, 2.24) is 4.98 Å². The third kappa shape index (κ3) is 4.18. The number of hydrogen-bond donors (Lipinski definition) is 0. The quantitative estimate of drug-likeness (QED) is 0.335. The zero-order valence-corrected chi connectivity index (χ0v) is 19.5. The van der Waals surface area contributed by atoms with E-state index in [1.165, 1.54) is 16.9 Å². The van der Waals surface area contributed by atoms with Gasteiger partial charge in [0.05, 0.1) is 36.5 Å². The standard InChI is InChI=1S/C26H26N2O3S/c1-17(2)19-12-9-15-22-23(19)27-26(32-22)28(16-18-10-6-5-7-11-18)25(29)20-13-8-14-21(30-3)24(20)31-4/h5-15,17H,16H2,1-4H3. The van der Waals surface area contributed by atoms with Crippen molar-refractivity contribution in [2.45, 2.75) is 26.3 Å². The lowest BCUT2D eigenvalue weighted by molar-refractivity contribution is 0.0981. The van der Waals surface area contributed by atoms with Gasteiger partial charge in [0.15, 0.2) is 16.6 Å². The van der Waals surface area contributed by atoms with Crippen LogP contribution in [-0.2, 0) is 6.54 Å². The molecule has 0 radical (unpaired) electrons. The Kier molecular flexibility index (Phi) is 6.42. The number of benzene rings is 3. The van der Waals surface area contributed by atoms with Crippen LogP contribution >= 0.6 is 11.3 Å². The van der Waals surface area contributed by atoms with Crippen molar-refractivity contribution in [3.8, 4) is 11.5 Å². The van der Waals surface area contributed by atoms with Crippen molar-refractivity contribution in [3.63, 3.8) is 0 Å². The Morgan fingerprint density at radius 1 is 0.969 bits per heavy atom. The number of nitrogens with zero attached hydrogens (tertiary/aromatic N) is 2. The molecule has 0 aliphatic heterocycles. The fourth-order valence-corrected chi connectivity index (χ4v) is 4.73. The lowest BCUT2D eigenvalue weighted by Gasteiger charge is -2.22. The van der Waals surface area contributed by atoms with Crippen LogP contribution in [0.3, 0.4) is 0 Å². The van der Waals surface area contributed by atoms with Crippen LogP contribution in [0.2, 0.25) is 0 Å². The van der Waals surface area contributed by atoms with E-state index in [0.29, 0.717) is 34.7 Å². The zero-order chi connectivity index (χ0) is 22.7. The molecule has 0 saturated heterocycles. The molecule has 0 fully saturated rings. The van der Waals surface area contributed by atoms with E-state index in [9.17, 15) is 4.79 Å². The van der Waals surface area contributed by atoms with Crippen molar-refractivity contribution in [1.29, 1.82) is 0 Å². The van der Waals surface area contributed by atoms with Crippen molar-refractivity contribution in [3.05, 3.63) is 83.4 Å². The topological polar surface area (TPSA) is 51.7 Å². The highest BCUT2D eigenvalue weighted by Crippen LogP contribution is 2.37. The van der Waals surface area contributed by atoms with Gasteiger partial charge in [-0.05, 0) is 35.2 Å². The molecule has 0 aliphatic carbocycles. The number of thiazole rings is 1. The first-order chi connectivity index (χ1) is 15.5. The van der Waals surface area contributed by atoms with Crippen LogP contribution in [0.5, 0.6) is 11.5 Å². The molecular formula is C26H26N2O3S. The highest BCUT2D eigenvalue weighted by molar-refractivity contribution is 7.22. The first-order valence-corrected chi connectivity index (χ1v) is 11.3. The maximum Gasteiger partial charge on any atom is 0.264 e. The smallest absolute Gasteiger partial charge is 0.264 e. The van der Waals surface area contributed by atoms with Gasteiger partial charge in [-0.1, -0.05) is 73.7 Å². The van der Waals surface area contributed by atoms with Gasteiger partial charge in [0.1, 0.15) is 0 Å². The van der Waals surface area contributed by atoms with E-state index in [1.807, 2.05) is 36.4 Å². The summed E-state index contributed by atoms with van der Waals surface area (Å²) in [7, 11) is 3.11. The van der Waals surface area contributed by atoms with Gasteiger partial charge in [0.2, 0.25) is 0 Å². The van der Waals surface area contributed by atoms with Crippen molar-refractivity contribution in [2.24, 2.45) is 0 Å². The fraction of sp³-hybridized carbons (Fsp3) is 0.231. The predicted molar refractivity (Wildman–Crippen MR) is 130 cm³/mol. The fourth-order valence-electron chi connectivity index (χ4n) is 3.73. The number of methoxy groups -OCH3 is 2. The number of para-hydroxylation sites is 2. The molecule has 0 saturated carbocycles.